The summed E-state index contributed by atoms with van der Waals surface area (Å²) in [7, 11) is 0. The Kier molecular flexibility index (Phi) is 9.32. The summed E-state index contributed by atoms with van der Waals surface area (Å²) in [6, 6.07) is 16.7. The van der Waals surface area contributed by atoms with Crippen molar-refractivity contribution in [3.8, 4) is 16.9 Å². The number of rotatable bonds is 7. The number of fused-ring (bicyclic) bond motifs is 1. The van der Waals surface area contributed by atoms with E-state index in [0.717, 1.165) is 24.1 Å². The Hall–Kier alpha value is -3.40. The van der Waals surface area contributed by atoms with Crippen LogP contribution in [-0.4, -0.2) is 23.2 Å². The molecule has 1 N–H and O–H groups in total. The summed E-state index contributed by atoms with van der Waals surface area (Å²) >= 11 is 0. The lowest BCUT2D eigenvalue weighted by Crippen LogP contribution is -2.00. The SMILES string of the molecule is C/C=C\C(=C/CC)COc1cccc(-c2c(CC)cnc3ccccc23)c1.O=CO. The van der Waals surface area contributed by atoms with E-state index in [4.69, 9.17) is 14.6 Å². The molecule has 0 spiro atoms. The maximum atomic E-state index is 8.36. The van der Waals surface area contributed by atoms with E-state index in [1.807, 2.05) is 25.3 Å². The summed E-state index contributed by atoms with van der Waals surface area (Å²) in [5.41, 5.74) is 5.92. The van der Waals surface area contributed by atoms with E-state index in [9.17, 15) is 0 Å². The highest BCUT2D eigenvalue weighted by atomic mass is 16.5. The second kappa shape index (κ2) is 12.2. The predicted molar refractivity (Wildman–Crippen MR) is 124 cm³/mol. The number of allylic oxidation sites excluding steroid dienone is 2. The highest BCUT2D eigenvalue weighted by Crippen LogP contribution is 2.33. The normalized spacial score (nSPS) is 11.2. The van der Waals surface area contributed by atoms with E-state index in [-0.39, 0.29) is 6.47 Å². The van der Waals surface area contributed by atoms with Crippen molar-refractivity contribution in [1.82, 2.24) is 4.98 Å². The van der Waals surface area contributed by atoms with Crippen LogP contribution in [0.5, 0.6) is 5.75 Å². The first kappa shape index (κ1) is 22.9. The molecule has 2 aromatic carbocycles. The molecule has 0 amide bonds. The molecule has 4 heteroatoms. The van der Waals surface area contributed by atoms with Gasteiger partial charge in [0.15, 0.2) is 0 Å². The smallest absolute Gasteiger partial charge is 0.290 e. The monoisotopic (exact) mass is 403 g/mol. The number of hydrogen-bond acceptors (Lipinski definition) is 3. The number of benzene rings is 2. The number of carbonyl (C=O) groups is 1. The van der Waals surface area contributed by atoms with Gasteiger partial charge in [0.25, 0.3) is 6.47 Å². The van der Waals surface area contributed by atoms with Crippen molar-refractivity contribution in [3.63, 3.8) is 0 Å². The molecule has 3 rings (SSSR count). The molecule has 0 aliphatic carbocycles. The predicted octanol–water partition coefficient (Wildman–Crippen LogP) is 6.46. The second-order valence-electron chi connectivity index (χ2n) is 6.64. The zero-order chi connectivity index (χ0) is 21.8. The van der Waals surface area contributed by atoms with E-state index < -0.39 is 0 Å². The minimum atomic E-state index is -0.250. The lowest BCUT2D eigenvalue weighted by atomic mass is 9.95. The van der Waals surface area contributed by atoms with Crippen molar-refractivity contribution < 1.29 is 14.6 Å². The van der Waals surface area contributed by atoms with Gasteiger partial charge in [-0.05, 0) is 60.2 Å². The van der Waals surface area contributed by atoms with E-state index in [2.05, 4.69) is 73.5 Å². The molecule has 0 bridgehead atoms. The molecule has 0 saturated heterocycles. The average molecular weight is 404 g/mol. The van der Waals surface area contributed by atoms with Crippen LogP contribution in [0.25, 0.3) is 22.0 Å². The summed E-state index contributed by atoms with van der Waals surface area (Å²) in [6.07, 6.45) is 10.3. The van der Waals surface area contributed by atoms with Crippen LogP contribution in [0.2, 0.25) is 0 Å². The molecule has 1 aromatic heterocycles. The van der Waals surface area contributed by atoms with Crippen LogP contribution in [0.1, 0.15) is 32.8 Å². The maximum absolute atomic E-state index is 8.36. The Balaban J connectivity index is 0.00000101. The second-order valence-corrected chi connectivity index (χ2v) is 6.64. The topological polar surface area (TPSA) is 59.4 Å². The molecular weight excluding hydrogens is 374 g/mol. The molecule has 0 saturated carbocycles. The number of pyridine rings is 1. The van der Waals surface area contributed by atoms with E-state index in [1.165, 1.54) is 27.6 Å². The largest absolute Gasteiger partial charge is 0.489 e. The van der Waals surface area contributed by atoms with Crippen molar-refractivity contribution in [1.29, 1.82) is 0 Å². The average Bonchev–Trinajstić information content (AvgIpc) is 2.77. The van der Waals surface area contributed by atoms with Gasteiger partial charge in [0, 0.05) is 11.6 Å². The minimum absolute atomic E-state index is 0.250. The third-order valence-corrected chi connectivity index (χ3v) is 4.61. The Morgan fingerprint density at radius 2 is 1.90 bits per heavy atom. The van der Waals surface area contributed by atoms with Crippen molar-refractivity contribution >= 4 is 17.4 Å². The molecule has 0 unspecified atom stereocenters. The summed E-state index contributed by atoms with van der Waals surface area (Å²) < 4.78 is 6.09. The zero-order valence-corrected chi connectivity index (χ0v) is 17.8. The van der Waals surface area contributed by atoms with Crippen LogP contribution >= 0.6 is 0 Å². The molecule has 4 nitrogen and oxygen atoms in total. The molecule has 0 fully saturated rings. The third kappa shape index (κ3) is 6.05. The molecule has 0 aliphatic rings. The van der Waals surface area contributed by atoms with Crippen LogP contribution in [0, 0.1) is 0 Å². The molecule has 0 aliphatic heterocycles. The quantitative estimate of drug-likeness (QED) is 0.363. The highest BCUT2D eigenvalue weighted by Gasteiger charge is 2.11. The highest BCUT2D eigenvalue weighted by molar-refractivity contribution is 5.96. The first-order valence-electron chi connectivity index (χ1n) is 10.2. The zero-order valence-electron chi connectivity index (χ0n) is 17.8. The number of carboxylic acid groups (broad SMARTS) is 1. The van der Waals surface area contributed by atoms with Gasteiger partial charge in [-0.1, -0.05) is 62.4 Å². The molecule has 156 valence electrons. The summed E-state index contributed by atoms with van der Waals surface area (Å²) in [5, 5.41) is 8.08. The molecule has 0 radical (unpaired) electrons. The fraction of sp³-hybridized carbons (Fsp3) is 0.231. The van der Waals surface area contributed by atoms with E-state index >= 15 is 0 Å². The van der Waals surface area contributed by atoms with Gasteiger partial charge in [-0.3, -0.25) is 9.78 Å². The van der Waals surface area contributed by atoms with Crippen molar-refractivity contribution in [3.05, 3.63) is 84.1 Å². The fourth-order valence-corrected chi connectivity index (χ4v) is 3.35. The number of nitrogens with zero attached hydrogens (tertiary/aromatic N) is 1. The number of aryl methyl sites for hydroxylation is 1. The molecular formula is C26H29NO3. The molecule has 30 heavy (non-hydrogen) atoms. The number of hydrogen-bond donors (Lipinski definition) is 1. The van der Waals surface area contributed by atoms with Gasteiger partial charge in [0.2, 0.25) is 0 Å². The van der Waals surface area contributed by atoms with Crippen LogP contribution < -0.4 is 4.74 Å². The Morgan fingerprint density at radius 3 is 2.60 bits per heavy atom. The summed E-state index contributed by atoms with van der Waals surface area (Å²) in [6.45, 7) is 6.68. The van der Waals surface area contributed by atoms with E-state index in [0.29, 0.717) is 6.61 Å². The lowest BCUT2D eigenvalue weighted by molar-refractivity contribution is -0.122. The van der Waals surface area contributed by atoms with Crippen LogP contribution in [0.3, 0.4) is 0 Å². The molecule has 3 aromatic rings. The maximum Gasteiger partial charge on any atom is 0.290 e. The summed E-state index contributed by atoms with van der Waals surface area (Å²) in [4.78, 5) is 13.0. The van der Waals surface area contributed by atoms with E-state index in [1.54, 1.807) is 0 Å². The van der Waals surface area contributed by atoms with Crippen molar-refractivity contribution in [2.45, 2.75) is 33.6 Å². The van der Waals surface area contributed by atoms with Gasteiger partial charge in [-0.15, -0.1) is 0 Å². The summed E-state index contributed by atoms with van der Waals surface area (Å²) in [5.74, 6) is 0.891. The minimum Gasteiger partial charge on any atom is -0.489 e. The van der Waals surface area contributed by atoms with Gasteiger partial charge < -0.3 is 9.84 Å². The van der Waals surface area contributed by atoms with Crippen molar-refractivity contribution in [2.75, 3.05) is 6.61 Å². The standard InChI is InChI=1S/C25H27NO.CH2O2/c1-4-10-19(11-5-2)18-27-22-13-9-12-21(16-22)25-20(6-3)17-26-24-15-8-7-14-23(24)25;2-1-3/h4,7-17H,5-6,18H2,1-3H3;1H,(H,2,3)/b10-4-,19-11+;. The molecule has 1 heterocycles. The van der Waals surface area contributed by atoms with Crippen LogP contribution in [-0.2, 0) is 11.2 Å². The first-order valence-corrected chi connectivity index (χ1v) is 10.2. The Labute approximate surface area is 178 Å². The van der Waals surface area contributed by atoms with Gasteiger partial charge in [-0.2, -0.15) is 0 Å². The number of ether oxygens (including phenoxy) is 1. The van der Waals surface area contributed by atoms with Crippen LogP contribution in [0.15, 0.2) is 78.5 Å². The van der Waals surface area contributed by atoms with Gasteiger partial charge in [-0.25, -0.2) is 0 Å². The Bertz CT molecular complexity index is 1020. The van der Waals surface area contributed by atoms with Gasteiger partial charge in [0.05, 0.1) is 5.52 Å². The third-order valence-electron chi connectivity index (χ3n) is 4.61. The number of aromatic nitrogens is 1. The first-order chi connectivity index (χ1) is 14.7. The van der Waals surface area contributed by atoms with Crippen LogP contribution in [0.4, 0.5) is 0 Å². The lowest BCUT2D eigenvalue weighted by Gasteiger charge is -2.14. The van der Waals surface area contributed by atoms with Crippen molar-refractivity contribution in [2.24, 2.45) is 0 Å². The number of para-hydroxylation sites is 1. The van der Waals surface area contributed by atoms with Gasteiger partial charge in [0.1, 0.15) is 12.4 Å². The molecule has 0 atom stereocenters. The van der Waals surface area contributed by atoms with Gasteiger partial charge >= 0.3 is 0 Å². The Morgan fingerprint density at radius 1 is 1.13 bits per heavy atom. The fourth-order valence-electron chi connectivity index (χ4n) is 3.35.